The van der Waals surface area contributed by atoms with Gasteiger partial charge in [-0.3, -0.25) is 4.79 Å². The van der Waals surface area contributed by atoms with Crippen molar-refractivity contribution in [3.05, 3.63) is 0 Å². The van der Waals surface area contributed by atoms with Crippen LogP contribution in [0.3, 0.4) is 0 Å². The molecule has 1 saturated carbocycles. The van der Waals surface area contributed by atoms with E-state index in [1.54, 1.807) is 0 Å². The molecule has 1 rings (SSSR count). The molecule has 0 aliphatic heterocycles. The Balaban J connectivity index is 2.88. The SMILES string of the molecule is CC1C(O)CCC(C)(C)C1C(N)=O. The highest BCUT2D eigenvalue weighted by Crippen LogP contribution is 2.43. The zero-order valence-corrected chi connectivity index (χ0v) is 8.58. The number of carbonyl (C=O) groups is 1. The van der Waals surface area contributed by atoms with E-state index in [0.29, 0.717) is 0 Å². The fourth-order valence-electron chi connectivity index (χ4n) is 2.52. The van der Waals surface area contributed by atoms with Crippen LogP contribution >= 0.6 is 0 Å². The Morgan fingerprint density at radius 2 is 2.08 bits per heavy atom. The van der Waals surface area contributed by atoms with Gasteiger partial charge in [-0.05, 0) is 24.2 Å². The first-order valence-electron chi connectivity index (χ1n) is 4.83. The molecule has 3 nitrogen and oxygen atoms in total. The Labute approximate surface area is 79.3 Å². The average Bonchev–Trinajstić information content (AvgIpc) is 1.96. The zero-order valence-electron chi connectivity index (χ0n) is 8.58. The summed E-state index contributed by atoms with van der Waals surface area (Å²) in [4.78, 5) is 11.2. The van der Waals surface area contributed by atoms with Crippen LogP contribution in [0.1, 0.15) is 33.6 Å². The fourth-order valence-corrected chi connectivity index (χ4v) is 2.52. The van der Waals surface area contributed by atoms with Crippen LogP contribution in [-0.2, 0) is 4.79 Å². The van der Waals surface area contributed by atoms with E-state index >= 15 is 0 Å². The lowest BCUT2D eigenvalue weighted by atomic mass is 9.63. The monoisotopic (exact) mass is 185 g/mol. The van der Waals surface area contributed by atoms with Crippen LogP contribution in [0.15, 0.2) is 0 Å². The molecule has 0 spiro atoms. The fraction of sp³-hybridized carbons (Fsp3) is 0.900. The largest absolute Gasteiger partial charge is 0.393 e. The molecule has 3 atom stereocenters. The van der Waals surface area contributed by atoms with Crippen LogP contribution in [0.5, 0.6) is 0 Å². The number of aliphatic hydroxyl groups excluding tert-OH is 1. The summed E-state index contributed by atoms with van der Waals surface area (Å²) in [6.07, 6.45) is 1.27. The van der Waals surface area contributed by atoms with Crippen molar-refractivity contribution in [2.75, 3.05) is 0 Å². The Morgan fingerprint density at radius 3 is 2.46 bits per heavy atom. The number of hydrogen-bond donors (Lipinski definition) is 2. The molecule has 0 bridgehead atoms. The highest BCUT2D eigenvalue weighted by molar-refractivity contribution is 5.78. The zero-order chi connectivity index (χ0) is 10.2. The van der Waals surface area contributed by atoms with Gasteiger partial charge in [0.15, 0.2) is 0 Å². The predicted molar refractivity (Wildman–Crippen MR) is 50.9 cm³/mol. The first kappa shape index (κ1) is 10.5. The number of primary amides is 1. The molecular weight excluding hydrogens is 166 g/mol. The van der Waals surface area contributed by atoms with Gasteiger partial charge >= 0.3 is 0 Å². The smallest absolute Gasteiger partial charge is 0.221 e. The van der Waals surface area contributed by atoms with E-state index in [1.165, 1.54) is 0 Å². The van der Waals surface area contributed by atoms with Crippen LogP contribution in [0.4, 0.5) is 0 Å². The predicted octanol–water partition coefficient (Wildman–Crippen LogP) is 0.905. The van der Waals surface area contributed by atoms with Crippen molar-refractivity contribution < 1.29 is 9.90 Å². The highest BCUT2D eigenvalue weighted by Gasteiger charge is 2.44. The summed E-state index contributed by atoms with van der Waals surface area (Å²) in [5, 5.41) is 9.62. The van der Waals surface area contributed by atoms with Crippen molar-refractivity contribution in [2.24, 2.45) is 23.0 Å². The summed E-state index contributed by atoms with van der Waals surface area (Å²) in [5.41, 5.74) is 5.28. The van der Waals surface area contributed by atoms with Crippen molar-refractivity contribution in [3.63, 3.8) is 0 Å². The molecule has 0 radical (unpaired) electrons. The van der Waals surface area contributed by atoms with Gasteiger partial charge in [0, 0.05) is 5.92 Å². The lowest BCUT2D eigenvalue weighted by molar-refractivity contribution is -0.134. The van der Waals surface area contributed by atoms with Crippen LogP contribution < -0.4 is 5.73 Å². The summed E-state index contributed by atoms with van der Waals surface area (Å²) in [6, 6.07) is 0. The molecule has 0 aromatic heterocycles. The third kappa shape index (κ3) is 1.85. The molecule has 0 aromatic carbocycles. The van der Waals surface area contributed by atoms with Crippen LogP contribution in [0, 0.1) is 17.3 Å². The minimum absolute atomic E-state index is 0.0127. The van der Waals surface area contributed by atoms with Gasteiger partial charge in [0.2, 0.25) is 5.91 Å². The van der Waals surface area contributed by atoms with Crippen LogP contribution in [0.2, 0.25) is 0 Å². The molecule has 0 aromatic rings. The van der Waals surface area contributed by atoms with E-state index in [2.05, 4.69) is 0 Å². The third-order valence-corrected chi connectivity index (χ3v) is 3.37. The molecule has 3 unspecified atom stereocenters. The Kier molecular flexibility index (Phi) is 2.66. The van der Waals surface area contributed by atoms with E-state index in [1.807, 2.05) is 20.8 Å². The van der Waals surface area contributed by atoms with Crippen molar-refractivity contribution in [1.82, 2.24) is 0 Å². The summed E-state index contributed by atoms with van der Waals surface area (Å²) in [6.45, 7) is 6.00. The second-order valence-corrected chi connectivity index (χ2v) is 4.83. The van der Waals surface area contributed by atoms with Gasteiger partial charge in [-0.25, -0.2) is 0 Å². The molecule has 1 aliphatic carbocycles. The molecule has 1 fully saturated rings. The number of nitrogens with two attached hydrogens (primary N) is 1. The summed E-state index contributed by atoms with van der Waals surface area (Å²) < 4.78 is 0. The number of aliphatic hydroxyl groups is 1. The van der Waals surface area contributed by atoms with Gasteiger partial charge in [0.1, 0.15) is 0 Å². The first-order valence-corrected chi connectivity index (χ1v) is 4.83. The van der Waals surface area contributed by atoms with E-state index < -0.39 is 0 Å². The van der Waals surface area contributed by atoms with E-state index in [9.17, 15) is 9.90 Å². The molecule has 76 valence electrons. The number of amides is 1. The van der Waals surface area contributed by atoms with Gasteiger partial charge < -0.3 is 10.8 Å². The lowest BCUT2D eigenvalue weighted by Gasteiger charge is -2.43. The van der Waals surface area contributed by atoms with E-state index in [4.69, 9.17) is 5.73 Å². The molecule has 1 aliphatic rings. The van der Waals surface area contributed by atoms with Crippen molar-refractivity contribution in [3.8, 4) is 0 Å². The lowest BCUT2D eigenvalue weighted by Crippen LogP contribution is -2.47. The maximum atomic E-state index is 11.2. The number of carbonyl (C=O) groups excluding carboxylic acids is 1. The van der Waals surface area contributed by atoms with E-state index in [0.717, 1.165) is 12.8 Å². The molecule has 1 amide bonds. The quantitative estimate of drug-likeness (QED) is 0.637. The summed E-state index contributed by atoms with van der Waals surface area (Å²) in [5.74, 6) is -0.492. The molecule has 0 heterocycles. The van der Waals surface area contributed by atoms with Crippen LogP contribution in [-0.4, -0.2) is 17.1 Å². The topological polar surface area (TPSA) is 63.3 Å². The van der Waals surface area contributed by atoms with Gasteiger partial charge in [-0.1, -0.05) is 20.8 Å². The van der Waals surface area contributed by atoms with Crippen molar-refractivity contribution in [2.45, 2.75) is 39.7 Å². The number of rotatable bonds is 1. The Bertz CT molecular complexity index is 213. The molecule has 13 heavy (non-hydrogen) atoms. The van der Waals surface area contributed by atoms with E-state index in [-0.39, 0.29) is 29.3 Å². The molecular formula is C10H19NO2. The van der Waals surface area contributed by atoms with Crippen LogP contribution in [0.25, 0.3) is 0 Å². The standard InChI is InChI=1S/C10H19NO2/c1-6-7(12)4-5-10(2,3)8(6)9(11)13/h6-8,12H,4-5H2,1-3H3,(H2,11,13). The third-order valence-electron chi connectivity index (χ3n) is 3.37. The summed E-state index contributed by atoms with van der Waals surface area (Å²) in [7, 11) is 0. The maximum absolute atomic E-state index is 11.2. The van der Waals surface area contributed by atoms with Gasteiger partial charge in [0.05, 0.1) is 6.10 Å². The average molecular weight is 185 g/mol. The summed E-state index contributed by atoms with van der Waals surface area (Å²) >= 11 is 0. The molecule has 3 heteroatoms. The van der Waals surface area contributed by atoms with Crippen molar-refractivity contribution >= 4 is 5.91 Å². The van der Waals surface area contributed by atoms with Crippen molar-refractivity contribution in [1.29, 1.82) is 0 Å². The second kappa shape index (κ2) is 3.29. The second-order valence-electron chi connectivity index (χ2n) is 4.83. The minimum Gasteiger partial charge on any atom is -0.393 e. The Morgan fingerprint density at radius 1 is 1.54 bits per heavy atom. The normalized spacial score (nSPS) is 38.6. The number of hydrogen-bond acceptors (Lipinski definition) is 2. The van der Waals surface area contributed by atoms with Gasteiger partial charge in [0.25, 0.3) is 0 Å². The molecule has 3 N–H and O–H groups in total. The maximum Gasteiger partial charge on any atom is 0.221 e. The minimum atomic E-state index is -0.370. The van der Waals surface area contributed by atoms with Gasteiger partial charge in [-0.2, -0.15) is 0 Å². The Hall–Kier alpha value is -0.570. The first-order chi connectivity index (χ1) is 5.86. The molecule has 0 saturated heterocycles. The highest BCUT2D eigenvalue weighted by atomic mass is 16.3. The van der Waals surface area contributed by atoms with Gasteiger partial charge in [-0.15, -0.1) is 0 Å².